The number of hydrogen-bond acceptors (Lipinski definition) is 4. The van der Waals surface area contributed by atoms with E-state index in [0.29, 0.717) is 31.7 Å². The summed E-state index contributed by atoms with van der Waals surface area (Å²) < 4.78 is 16.7. The zero-order valence-corrected chi connectivity index (χ0v) is 18.2. The average Bonchev–Trinajstić information content (AvgIpc) is 3.62. The molecule has 162 valence electrons. The lowest BCUT2D eigenvalue weighted by Crippen LogP contribution is -2.34. The van der Waals surface area contributed by atoms with Crippen molar-refractivity contribution in [2.45, 2.75) is 58.2 Å². The van der Waals surface area contributed by atoms with E-state index in [1.54, 1.807) is 0 Å². The summed E-state index contributed by atoms with van der Waals surface area (Å²) in [5, 5.41) is 0. The summed E-state index contributed by atoms with van der Waals surface area (Å²) in [7, 11) is 1.42. The molecule has 30 heavy (non-hydrogen) atoms. The van der Waals surface area contributed by atoms with Gasteiger partial charge in [0, 0.05) is 0 Å². The Labute approximate surface area is 180 Å². The minimum Gasteiger partial charge on any atom is -0.493 e. The number of rotatable bonds is 9. The van der Waals surface area contributed by atoms with E-state index in [9.17, 15) is 4.79 Å². The Morgan fingerprint density at radius 2 is 1.70 bits per heavy atom. The van der Waals surface area contributed by atoms with E-state index < -0.39 is 0 Å². The maximum Gasteiger partial charge on any atom is 0.308 e. The number of ether oxygens (including phenoxy) is 3. The summed E-state index contributed by atoms with van der Waals surface area (Å²) in [6.45, 7) is 3.27. The van der Waals surface area contributed by atoms with Gasteiger partial charge in [-0.2, -0.15) is 0 Å². The quantitative estimate of drug-likeness (QED) is 0.506. The van der Waals surface area contributed by atoms with Crippen molar-refractivity contribution in [2.75, 3.05) is 13.7 Å². The number of esters is 1. The molecule has 4 nitrogen and oxygen atoms in total. The van der Waals surface area contributed by atoms with Crippen LogP contribution in [0.2, 0.25) is 0 Å². The lowest BCUT2D eigenvalue weighted by atomic mass is 9.83. The monoisotopic (exact) mass is 410 g/mol. The molecule has 0 N–H and O–H groups in total. The Morgan fingerprint density at radius 3 is 2.37 bits per heavy atom. The molecule has 2 aliphatic rings. The highest BCUT2D eigenvalue weighted by atomic mass is 16.5. The molecule has 1 atom stereocenters. The van der Waals surface area contributed by atoms with Crippen molar-refractivity contribution in [1.29, 1.82) is 0 Å². The standard InChI is InChI=1S/C23H28O4.C3H6/c1-17(23(24)25-2)11-19-9-6-10-21(12-19)26-16-20-13-22(14-20)27-15-18-7-4-3-5-8-18;1-2-3-1/h3-10,12,17,20,22H,11,13-16H2,1-2H3;1-3H2. The van der Waals surface area contributed by atoms with Crippen molar-refractivity contribution in [1.82, 2.24) is 0 Å². The SMILES string of the molecule is C1CC1.COC(=O)C(C)Cc1cccc(OCC2CC(OCc3ccccc3)C2)c1. The molecule has 2 aromatic carbocycles. The smallest absolute Gasteiger partial charge is 0.308 e. The summed E-state index contributed by atoms with van der Waals surface area (Å²) >= 11 is 0. The molecule has 4 heteroatoms. The Balaban J connectivity index is 0.000000782. The number of methoxy groups -OCH3 is 1. The van der Waals surface area contributed by atoms with Crippen molar-refractivity contribution < 1.29 is 19.0 Å². The molecule has 0 spiro atoms. The third kappa shape index (κ3) is 7.83. The first-order valence-electron chi connectivity index (χ1n) is 11.1. The molecule has 0 aliphatic heterocycles. The van der Waals surface area contributed by atoms with Crippen LogP contribution in [0.25, 0.3) is 0 Å². The second kappa shape index (κ2) is 11.8. The molecule has 0 bridgehead atoms. The van der Waals surface area contributed by atoms with E-state index in [4.69, 9.17) is 14.2 Å². The average molecular weight is 411 g/mol. The molecule has 0 amide bonds. The Bertz CT molecular complexity index is 763. The predicted octanol–water partition coefficient (Wildman–Crippen LogP) is 5.58. The van der Waals surface area contributed by atoms with Gasteiger partial charge in [-0.15, -0.1) is 0 Å². The number of carbonyl (C=O) groups is 1. The fraction of sp³-hybridized carbons (Fsp3) is 0.500. The first-order chi connectivity index (χ1) is 14.6. The van der Waals surface area contributed by atoms with Crippen LogP contribution in [0.1, 0.15) is 50.2 Å². The molecule has 4 rings (SSSR count). The van der Waals surface area contributed by atoms with Crippen molar-refractivity contribution in [3.8, 4) is 5.75 Å². The molecular formula is C26H34O4. The van der Waals surface area contributed by atoms with Gasteiger partial charge in [0.25, 0.3) is 0 Å². The van der Waals surface area contributed by atoms with Crippen LogP contribution in [-0.2, 0) is 27.3 Å². The van der Waals surface area contributed by atoms with E-state index in [1.807, 2.05) is 49.4 Å². The van der Waals surface area contributed by atoms with Gasteiger partial charge >= 0.3 is 5.97 Å². The van der Waals surface area contributed by atoms with Crippen LogP contribution in [0.3, 0.4) is 0 Å². The zero-order valence-electron chi connectivity index (χ0n) is 18.2. The van der Waals surface area contributed by atoms with Crippen molar-refractivity contribution in [3.05, 3.63) is 65.7 Å². The lowest BCUT2D eigenvalue weighted by molar-refractivity contribution is -0.144. The van der Waals surface area contributed by atoms with Gasteiger partial charge in [-0.1, -0.05) is 68.7 Å². The van der Waals surface area contributed by atoms with Crippen LogP contribution in [0.5, 0.6) is 5.75 Å². The summed E-state index contributed by atoms with van der Waals surface area (Å²) in [6.07, 6.45) is 7.59. The Hall–Kier alpha value is -2.33. The fourth-order valence-corrected chi connectivity index (χ4v) is 3.35. The second-order valence-electron chi connectivity index (χ2n) is 8.40. The minimum absolute atomic E-state index is 0.153. The van der Waals surface area contributed by atoms with Crippen LogP contribution in [-0.4, -0.2) is 25.8 Å². The molecule has 0 saturated heterocycles. The largest absolute Gasteiger partial charge is 0.493 e. The highest BCUT2D eigenvalue weighted by molar-refractivity contribution is 5.72. The van der Waals surface area contributed by atoms with E-state index in [1.165, 1.54) is 31.9 Å². The molecular weight excluding hydrogens is 376 g/mol. The van der Waals surface area contributed by atoms with Gasteiger partial charge in [-0.3, -0.25) is 4.79 Å². The lowest BCUT2D eigenvalue weighted by Gasteiger charge is -2.35. The first kappa shape index (κ1) is 22.4. The summed E-state index contributed by atoms with van der Waals surface area (Å²) in [5.41, 5.74) is 2.30. The number of carbonyl (C=O) groups excluding carboxylic acids is 1. The van der Waals surface area contributed by atoms with Gasteiger partial charge in [0.1, 0.15) is 5.75 Å². The molecule has 0 heterocycles. The zero-order chi connectivity index (χ0) is 21.2. The van der Waals surface area contributed by atoms with Gasteiger partial charge < -0.3 is 14.2 Å². The highest BCUT2D eigenvalue weighted by Crippen LogP contribution is 2.31. The molecule has 2 aromatic rings. The number of benzene rings is 2. The molecule has 0 radical (unpaired) electrons. The van der Waals surface area contributed by atoms with Gasteiger partial charge in [-0.25, -0.2) is 0 Å². The first-order valence-corrected chi connectivity index (χ1v) is 11.1. The molecule has 1 unspecified atom stereocenters. The molecule has 2 saturated carbocycles. The normalized spacial score (nSPS) is 20.2. The maximum atomic E-state index is 11.6. The van der Waals surface area contributed by atoms with Gasteiger partial charge in [0.15, 0.2) is 0 Å². The van der Waals surface area contributed by atoms with Crippen molar-refractivity contribution in [3.63, 3.8) is 0 Å². The maximum absolute atomic E-state index is 11.6. The van der Waals surface area contributed by atoms with Gasteiger partial charge in [0.2, 0.25) is 0 Å². The molecule has 0 aromatic heterocycles. The Kier molecular flexibility index (Phi) is 8.76. The Morgan fingerprint density at radius 1 is 1.00 bits per heavy atom. The van der Waals surface area contributed by atoms with Crippen molar-refractivity contribution in [2.24, 2.45) is 11.8 Å². The van der Waals surface area contributed by atoms with Gasteiger partial charge in [-0.05, 0) is 48.4 Å². The van der Waals surface area contributed by atoms with Crippen LogP contribution in [0.4, 0.5) is 0 Å². The minimum atomic E-state index is -0.183. The number of hydrogen-bond donors (Lipinski definition) is 0. The van der Waals surface area contributed by atoms with E-state index in [-0.39, 0.29) is 11.9 Å². The molecule has 2 fully saturated rings. The third-order valence-corrected chi connectivity index (χ3v) is 5.40. The fourth-order valence-electron chi connectivity index (χ4n) is 3.35. The van der Waals surface area contributed by atoms with E-state index >= 15 is 0 Å². The summed E-state index contributed by atoms with van der Waals surface area (Å²) in [5.74, 6) is 1.07. The predicted molar refractivity (Wildman–Crippen MR) is 118 cm³/mol. The van der Waals surface area contributed by atoms with Crippen LogP contribution >= 0.6 is 0 Å². The van der Waals surface area contributed by atoms with Crippen LogP contribution in [0.15, 0.2) is 54.6 Å². The third-order valence-electron chi connectivity index (χ3n) is 5.40. The molecule has 2 aliphatic carbocycles. The van der Waals surface area contributed by atoms with Crippen LogP contribution < -0.4 is 4.74 Å². The van der Waals surface area contributed by atoms with Crippen LogP contribution in [0, 0.1) is 11.8 Å². The van der Waals surface area contributed by atoms with E-state index in [2.05, 4.69) is 12.1 Å². The van der Waals surface area contributed by atoms with Crippen molar-refractivity contribution >= 4 is 5.97 Å². The second-order valence-corrected chi connectivity index (χ2v) is 8.40. The van der Waals surface area contributed by atoms with E-state index in [0.717, 1.165) is 24.2 Å². The topological polar surface area (TPSA) is 44.8 Å². The van der Waals surface area contributed by atoms with Gasteiger partial charge in [0.05, 0.1) is 32.3 Å². The summed E-state index contributed by atoms with van der Waals surface area (Å²) in [4.78, 5) is 11.6. The summed E-state index contributed by atoms with van der Waals surface area (Å²) in [6, 6.07) is 18.2. The highest BCUT2D eigenvalue weighted by Gasteiger charge is 2.30.